The van der Waals surface area contributed by atoms with Crippen LogP contribution in [0.15, 0.2) is 24.5 Å². The minimum Gasteiger partial charge on any atom is -0.619 e. The Morgan fingerprint density at radius 2 is 2.00 bits per heavy atom. The summed E-state index contributed by atoms with van der Waals surface area (Å²) in [5, 5.41) is 11.5. The second kappa shape index (κ2) is 7.49. The van der Waals surface area contributed by atoms with Gasteiger partial charge in [-0.2, -0.15) is 4.73 Å². The Hall–Kier alpha value is -2.11. The number of carbonyl (C=O) groups excluding carboxylic acids is 2. The second-order valence-corrected chi connectivity index (χ2v) is 8.57. The van der Waals surface area contributed by atoms with Crippen molar-refractivity contribution in [3.8, 4) is 0 Å². The molecule has 6 nitrogen and oxygen atoms in total. The molecule has 6 heteroatoms. The topological polar surface area (TPSA) is 67.6 Å². The molecule has 3 heterocycles. The molecule has 3 aliphatic rings. The first-order valence-electron chi connectivity index (χ1n) is 10.3. The minimum atomic E-state index is -0.412. The van der Waals surface area contributed by atoms with Gasteiger partial charge in [0, 0.05) is 32.2 Å². The molecule has 0 bridgehead atoms. The third kappa shape index (κ3) is 3.66. The Kier molecular flexibility index (Phi) is 5.06. The summed E-state index contributed by atoms with van der Waals surface area (Å²) in [5.41, 5.74) is -0.0167. The molecule has 1 aromatic rings. The standard InChI is InChI=1S/C21H29N3O3/c25-19(18-8-4-12-24(27)15-18)23-13-10-21(16-23)9-5-11-22(20(21)26)14-17-6-2-1-3-7-17/h4,8,12,15,17H,1-3,5-7,9-11,13-14,16H2. The summed E-state index contributed by atoms with van der Waals surface area (Å²) in [5.74, 6) is 0.754. The van der Waals surface area contributed by atoms with Gasteiger partial charge in [-0.05, 0) is 44.1 Å². The van der Waals surface area contributed by atoms with Crippen LogP contribution in [0.25, 0.3) is 0 Å². The van der Waals surface area contributed by atoms with Gasteiger partial charge in [-0.25, -0.2) is 0 Å². The van der Waals surface area contributed by atoms with E-state index in [0.717, 1.165) is 32.4 Å². The van der Waals surface area contributed by atoms with Crippen LogP contribution in [0.3, 0.4) is 0 Å². The SMILES string of the molecule is O=C(c1ccc[n+]([O-])c1)N1CCC2(CCCN(CC3CCCCC3)C2=O)C1. The van der Waals surface area contributed by atoms with Crippen LogP contribution in [-0.2, 0) is 4.79 Å². The second-order valence-electron chi connectivity index (χ2n) is 8.57. The van der Waals surface area contributed by atoms with E-state index in [4.69, 9.17) is 0 Å². The van der Waals surface area contributed by atoms with E-state index in [1.165, 1.54) is 44.5 Å². The van der Waals surface area contributed by atoms with E-state index < -0.39 is 5.41 Å². The van der Waals surface area contributed by atoms with Crippen molar-refractivity contribution in [1.29, 1.82) is 0 Å². The molecule has 146 valence electrons. The molecule has 1 aromatic heterocycles. The summed E-state index contributed by atoms with van der Waals surface area (Å²) < 4.78 is 0.650. The number of pyridine rings is 1. The van der Waals surface area contributed by atoms with Crippen molar-refractivity contribution in [2.24, 2.45) is 11.3 Å². The van der Waals surface area contributed by atoms with Gasteiger partial charge in [0.25, 0.3) is 5.91 Å². The third-order valence-corrected chi connectivity index (χ3v) is 6.69. The first kappa shape index (κ1) is 18.3. The lowest BCUT2D eigenvalue weighted by Gasteiger charge is -2.41. The number of piperidine rings is 1. The van der Waals surface area contributed by atoms with Gasteiger partial charge in [-0.15, -0.1) is 0 Å². The van der Waals surface area contributed by atoms with E-state index in [0.29, 0.717) is 29.3 Å². The number of nitrogens with zero attached hydrogens (tertiary/aromatic N) is 3. The molecular formula is C21H29N3O3. The van der Waals surface area contributed by atoms with Gasteiger partial charge in [0.1, 0.15) is 5.56 Å². The zero-order chi connectivity index (χ0) is 18.9. The molecule has 1 spiro atoms. The average molecular weight is 371 g/mol. The molecule has 1 unspecified atom stereocenters. The van der Waals surface area contributed by atoms with E-state index in [1.54, 1.807) is 17.0 Å². The monoisotopic (exact) mass is 371 g/mol. The van der Waals surface area contributed by atoms with Crippen LogP contribution >= 0.6 is 0 Å². The fourth-order valence-electron chi connectivity index (χ4n) is 5.20. The Morgan fingerprint density at radius 3 is 2.78 bits per heavy atom. The fourth-order valence-corrected chi connectivity index (χ4v) is 5.20. The molecule has 3 fully saturated rings. The smallest absolute Gasteiger partial charge is 0.260 e. The van der Waals surface area contributed by atoms with E-state index in [9.17, 15) is 14.8 Å². The molecule has 4 rings (SSSR count). The van der Waals surface area contributed by atoms with Crippen molar-refractivity contribution in [3.63, 3.8) is 0 Å². The van der Waals surface area contributed by atoms with Crippen molar-refractivity contribution < 1.29 is 14.3 Å². The summed E-state index contributed by atoms with van der Waals surface area (Å²) in [6.45, 7) is 2.83. The van der Waals surface area contributed by atoms with Gasteiger partial charge >= 0.3 is 0 Å². The number of rotatable bonds is 3. The molecule has 0 radical (unpaired) electrons. The van der Waals surface area contributed by atoms with Gasteiger partial charge in [0.15, 0.2) is 12.4 Å². The molecular weight excluding hydrogens is 342 g/mol. The van der Waals surface area contributed by atoms with E-state index in [1.807, 2.05) is 0 Å². The zero-order valence-corrected chi connectivity index (χ0v) is 15.9. The molecule has 27 heavy (non-hydrogen) atoms. The van der Waals surface area contributed by atoms with Gasteiger partial charge in [0.05, 0.1) is 5.41 Å². The maximum absolute atomic E-state index is 13.3. The van der Waals surface area contributed by atoms with Gasteiger partial charge in [-0.3, -0.25) is 9.59 Å². The fraction of sp³-hybridized carbons (Fsp3) is 0.667. The third-order valence-electron chi connectivity index (χ3n) is 6.69. The Labute approximate surface area is 160 Å². The summed E-state index contributed by atoms with van der Waals surface area (Å²) in [4.78, 5) is 29.9. The number of hydrogen-bond acceptors (Lipinski definition) is 3. The van der Waals surface area contributed by atoms with Crippen LogP contribution in [0.4, 0.5) is 0 Å². The van der Waals surface area contributed by atoms with Crippen LogP contribution in [0.5, 0.6) is 0 Å². The van der Waals surface area contributed by atoms with Crippen LogP contribution in [-0.4, -0.2) is 47.8 Å². The van der Waals surface area contributed by atoms with Gasteiger partial charge < -0.3 is 15.0 Å². The largest absolute Gasteiger partial charge is 0.619 e. The Morgan fingerprint density at radius 1 is 1.19 bits per heavy atom. The lowest BCUT2D eigenvalue weighted by Crippen LogP contribution is -2.51. The molecule has 0 aromatic carbocycles. The number of hydrogen-bond donors (Lipinski definition) is 0. The highest BCUT2D eigenvalue weighted by atomic mass is 16.5. The van der Waals surface area contributed by atoms with E-state index in [-0.39, 0.29) is 11.8 Å². The van der Waals surface area contributed by atoms with Crippen LogP contribution < -0.4 is 4.73 Å². The van der Waals surface area contributed by atoms with Crippen LogP contribution in [0, 0.1) is 16.5 Å². The predicted molar refractivity (Wildman–Crippen MR) is 101 cm³/mol. The first-order valence-corrected chi connectivity index (χ1v) is 10.3. The Bertz CT molecular complexity index is 716. The molecule has 1 atom stereocenters. The van der Waals surface area contributed by atoms with E-state index in [2.05, 4.69) is 4.90 Å². The minimum absolute atomic E-state index is 0.144. The maximum atomic E-state index is 13.3. The molecule has 2 amide bonds. The number of carbonyl (C=O) groups is 2. The molecule has 2 aliphatic heterocycles. The highest BCUT2D eigenvalue weighted by Gasteiger charge is 2.49. The Balaban J connectivity index is 1.43. The average Bonchev–Trinajstić information content (AvgIpc) is 3.11. The van der Waals surface area contributed by atoms with Crippen molar-refractivity contribution in [2.45, 2.75) is 51.4 Å². The normalized spacial score (nSPS) is 26.7. The van der Waals surface area contributed by atoms with Crippen molar-refractivity contribution >= 4 is 11.8 Å². The lowest BCUT2D eigenvalue weighted by atomic mass is 9.77. The first-order chi connectivity index (χ1) is 13.1. The summed E-state index contributed by atoms with van der Waals surface area (Å²) >= 11 is 0. The highest BCUT2D eigenvalue weighted by molar-refractivity contribution is 5.95. The molecule has 2 saturated heterocycles. The summed E-state index contributed by atoms with van der Waals surface area (Å²) in [6.07, 6.45) is 11.7. The van der Waals surface area contributed by atoms with Gasteiger partial charge in [-0.1, -0.05) is 19.3 Å². The van der Waals surface area contributed by atoms with E-state index >= 15 is 0 Å². The molecule has 0 N–H and O–H groups in total. The van der Waals surface area contributed by atoms with Crippen molar-refractivity contribution in [2.75, 3.05) is 26.2 Å². The lowest BCUT2D eigenvalue weighted by molar-refractivity contribution is -0.605. The zero-order valence-electron chi connectivity index (χ0n) is 15.9. The number of aromatic nitrogens is 1. The number of amides is 2. The quantitative estimate of drug-likeness (QED) is 0.605. The highest BCUT2D eigenvalue weighted by Crippen LogP contribution is 2.41. The van der Waals surface area contributed by atoms with Crippen molar-refractivity contribution in [1.82, 2.24) is 9.80 Å². The van der Waals surface area contributed by atoms with Gasteiger partial charge in [0.2, 0.25) is 5.91 Å². The number of likely N-dealkylation sites (tertiary alicyclic amines) is 2. The molecule has 1 saturated carbocycles. The summed E-state index contributed by atoms with van der Waals surface area (Å²) in [7, 11) is 0. The van der Waals surface area contributed by atoms with Crippen molar-refractivity contribution in [3.05, 3.63) is 35.3 Å². The van der Waals surface area contributed by atoms with Crippen LogP contribution in [0.2, 0.25) is 0 Å². The maximum Gasteiger partial charge on any atom is 0.260 e. The van der Waals surface area contributed by atoms with Crippen LogP contribution in [0.1, 0.15) is 61.7 Å². The predicted octanol–water partition coefficient (Wildman–Crippen LogP) is 2.36. The summed E-state index contributed by atoms with van der Waals surface area (Å²) in [6, 6.07) is 3.25. The molecule has 1 aliphatic carbocycles.